The quantitative estimate of drug-likeness (QED) is 0.713. The van der Waals surface area contributed by atoms with E-state index >= 15 is 0 Å². The van der Waals surface area contributed by atoms with Crippen LogP contribution in [0.2, 0.25) is 0 Å². The van der Waals surface area contributed by atoms with Crippen LogP contribution >= 0.6 is 27.5 Å². The maximum atomic E-state index is 4.04. The topological polar surface area (TPSA) is 12.9 Å². The molecule has 0 aliphatic heterocycles. The summed E-state index contributed by atoms with van der Waals surface area (Å²) in [5.74, 6) is 0.723. The van der Waals surface area contributed by atoms with E-state index in [1.807, 2.05) is 6.20 Å². The Labute approximate surface area is 73.8 Å². The van der Waals surface area contributed by atoms with Crippen LogP contribution in [0, 0.1) is 5.92 Å². The van der Waals surface area contributed by atoms with Gasteiger partial charge in [-0.25, -0.2) is 4.37 Å². The van der Waals surface area contributed by atoms with E-state index < -0.39 is 0 Å². The van der Waals surface area contributed by atoms with Crippen LogP contribution < -0.4 is 0 Å². The second kappa shape index (κ2) is 4.09. The molecule has 0 spiro atoms. The average molecular weight is 220 g/mol. The fourth-order valence-corrected chi connectivity index (χ4v) is 1.71. The van der Waals surface area contributed by atoms with Gasteiger partial charge in [0.05, 0.1) is 0 Å². The molecule has 0 bridgehead atoms. The van der Waals surface area contributed by atoms with Crippen LogP contribution in [0.4, 0.5) is 0 Å². The van der Waals surface area contributed by atoms with Crippen LogP contribution in [0.25, 0.3) is 0 Å². The molecule has 56 valence electrons. The molecule has 10 heavy (non-hydrogen) atoms. The summed E-state index contributed by atoms with van der Waals surface area (Å²) in [6.07, 6.45) is 3.01. The lowest BCUT2D eigenvalue weighted by atomic mass is 10.1. The number of halogens is 1. The summed E-state index contributed by atoms with van der Waals surface area (Å²) in [5, 5.41) is 1.07. The highest BCUT2D eigenvalue weighted by molar-refractivity contribution is 9.09. The van der Waals surface area contributed by atoms with Gasteiger partial charge in [-0.3, -0.25) is 0 Å². The second-order valence-electron chi connectivity index (χ2n) is 2.44. The lowest BCUT2D eigenvalue weighted by Crippen LogP contribution is -1.98. The minimum Gasteiger partial charge on any atom is -0.201 e. The first-order valence-electron chi connectivity index (χ1n) is 3.28. The molecule has 1 heterocycles. The SMILES string of the molecule is CC(CBr)Cc1ccns1. The summed E-state index contributed by atoms with van der Waals surface area (Å²) >= 11 is 5.04. The Kier molecular flexibility index (Phi) is 3.35. The van der Waals surface area contributed by atoms with Crippen molar-refractivity contribution in [3.8, 4) is 0 Å². The van der Waals surface area contributed by atoms with Crippen molar-refractivity contribution in [2.75, 3.05) is 5.33 Å². The van der Waals surface area contributed by atoms with Gasteiger partial charge in [-0.05, 0) is 29.9 Å². The number of rotatable bonds is 3. The molecule has 0 N–H and O–H groups in total. The minimum absolute atomic E-state index is 0.723. The summed E-state index contributed by atoms with van der Waals surface area (Å²) in [4.78, 5) is 1.38. The number of hydrogen-bond donors (Lipinski definition) is 0. The highest BCUT2D eigenvalue weighted by Crippen LogP contribution is 2.12. The summed E-state index contributed by atoms with van der Waals surface area (Å²) in [5.41, 5.74) is 0. The Balaban J connectivity index is 2.40. The van der Waals surface area contributed by atoms with E-state index in [-0.39, 0.29) is 0 Å². The molecule has 1 aromatic rings. The highest BCUT2D eigenvalue weighted by Gasteiger charge is 2.01. The van der Waals surface area contributed by atoms with Crippen molar-refractivity contribution in [1.82, 2.24) is 4.37 Å². The summed E-state index contributed by atoms with van der Waals surface area (Å²) < 4.78 is 4.04. The van der Waals surface area contributed by atoms with Gasteiger partial charge in [-0.1, -0.05) is 22.9 Å². The molecule has 0 saturated carbocycles. The molecule has 0 aromatic carbocycles. The first-order chi connectivity index (χ1) is 4.83. The van der Waals surface area contributed by atoms with Crippen LogP contribution in [0.1, 0.15) is 11.8 Å². The van der Waals surface area contributed by atoms with Gasteiger partial charge in [0, 0.05) is 16.4 Å². The van der Waals surface area contributed by atoms with E-state index in [2.05, 4.69) is 33.3 Å². The molecule has 0 radical (unpaired) electrons. The monoisotopic (exact) mass is 219 g/mol. The molecular formula is C7H10BrNS. The number of hydrogen-bond acceptors (Lipinski definition) is 2. The molecule has 1 aromatic heterocycles. The van der Waals surface area contributed by atoms with Gasteiger partial charge >= 0.3 is 0 Å². The van der Waals surface area contributed by atoms with E-state index in [0.717, 1.165) is 17.7 Å². The fourth-order valence-electron chi connectivity index (χ4n) is 0.745. The third-order valence-corrected chi connectivity index (χ3v) is 3.17. The van der Waals surface area contributed by atoms with Crippen molar-refractivity contribution in [3.05, 3.63) is 17.1 Å². The van der Waals surface area contributed by atoms with E-state index in [1.165, 1.54) is 4.88 Å². The second-order valence-corrected chi connectivity index (χ2v) is 4.01. The Morgan fingerprint density at radius 2 is 2.60 bits per heavy atom. The largest absolute Gasteiger partial charge is 0.201 e. The zero-order chi connectivity index (χ0) is 7.40. The molecule has 1 unspecified atom stereocenters. The Bertz CT molecular complexity index is 174. The lowest BCUT2D eigenvalue weighted by molar-refractivity contribution is 0.670. The first-order valence-corrected chi connectivity index (χ1v) is 5.18. The van der Waals surface area contributed by atoms with Gasteiger partial charge in [0.25, 0.3) is 0 Å². The van der Waals surface area contributed by atoms with Crippen LogP contribution in [0.3, 0.4) is 0 Å². The molecule has 3 heteroatoms. The maximum absolute atomic E-state index is 4.04. The Morgan fingerprint density at radius 1 is 1.80 bits per heavy atom. The first kappa shape index (κ1) is 8.21. The van der Waals surface area contributed by atoms with E-state index in [1.54, 1.807) is 11.5 Å². The van der Waals surface area contributed by atoms with Crippen LogP contribution in [0.15, 0.2) is 12.3 Å². The number of nitrogens with zero attached hydrogens (tertiary/aromatic N) is 1. The highest BCUT2D eigenvalue weighted by atomic mass is 79.9. The molecule has 0 aliphatic carbocycles. The van der Waals surface area contributed by atoms with Gasteiger partial charge in [0.2, 0.25) is 0 Å². The van der Waals surface area contributed by atoms with E-state index in [4.69, 9.17) is 0 Å². The standard InChI is InChI=1S/C7H10BrNS/c1-6(5-8)4-7-2-3-9-10-7/h2-3,6H,4-5H2,1H3. The van der Waals surface area contributed by atoms with Crippen LogP contribution in [0.5, 0.6) is 0 Å². The summed E-state index contributed by atoms with van der Waals surface area (Å²) in [6, 6.07) is 2.09. The summed E-state index contributed by atoms with van der Waals surface area (Å²) in [6.45, 7) is 2.23. The number of alkyl halides is 1. The smallest absolute Gasteiger partial charge is 0.0409 e. The number of aromatic nitrogens is 1. The van der Waals surface area contributed by atoms with Gasteiger partial charge in [0.15, 0.2) is 0 Å². The van der Waals surface area contributed by atoms with Crippen molar-refractivity contribution < 1.29 is 0 Å². The molecule has 0 aliphatic rings. The normalized spacial score (nSPS) is 13.4. The van der Waals surface area contributed by atoms with Crippen LogP contribution in [-0.4, -0.2) is 9.70 Å². The molecule has 0 saturated heterocycles. The van der Waals surface area contributed by atoms with Gasteiger partial charge in [0.1, 0.15) is 0 Å². The third-order valence-electron chi connectivity index (χ3n) is 1.30. The molecule has 1 atom stereocenters. The maximum Gasteiger partial charge on any atom is 0.0409 e. The Hall–Kier alpha value is 0.110. The predicted octanol–water partition coefficient (Wildman–Crippen LogP) is 2.72. The van der Waals surface area contributed by atoms with Crippen molar-refractivity contribution in [1.29, 1.82) is 0 Å². The van der Waals surface area contributed by atoms with Gasteiger partial charge < -0.3 is 0 Å². The molecule has 0 amide bonds. The molecule has 1 rings (SSSR count). The van der Waals surface area contributed by atoms with Crippen molar-refractivity contribution in [2.45, 2.75) is 13.3 Å². The summed E-state index contributed by atoms with van der Waals surface area (Å²) in [7, 11) is 0. The van der Waals surface area contributed by atoms with Crippen molar-refractivity contribution in [2.24, 2.45) is 5.92 Å². The lowest BCUT2D eigenvalue weighted by Gasteiger charge is -2.02. The van der Waals surface area contributed by atoms with Crippen molar-refractivity contribution >= 4 is 27.5 Å². The molecular weight excluding hydrogens is 210 g/mol. The average Bonchev–Trinajstić information content (AvgIpc) is 2.40. The molecule has 1 nitrogen and oxygen atoms in total. The van der Waals surface area contributed by atoms with Crippen molar-refractivity contribution in [3.63, 3.8) is 0 Å². The van der Waals surface area contributed by atoms with E-state index in [9.17, 15) is 0 Å². The minimum atomic E-state index is 0.723. The Morgan fingerprint density at radius 3 is 3.10 bits per heavy atom. The van der Waals surface area contributed by atoms with E-state index in [0.29, 0.717) is 0 Å². The van der Waals surface area contributed by atoms with Gasteiger partial charge in [-0.2, -0.15) is 0 Å². The predicted molar refractivity (Wildman–Crippen MR) is 48.8 cm³/mol. The zero-order valence-electron chi connectivity index (χ0n) is 5.88. The fraction of sp³-hybridized carbons (Fsp3) is 0.571. The zero-order valence-corrected chi connectivity index (χ0v) is 8.28. The molecule has 0 fully saturated rings. The third kappa shape index (κ3) is 2.39. The van der Waals surface area contributed by atoms with Crippen LogP contribution in [-0.2, 0) is 6.42 Å². The van der Waals surface area contributed by atoms with Gasteiger partial charge in [-0.15, -0.1) is 0 Å².